The molecule has 0 heterocycles. The average molecular weight is 258 g/mol. The smallest absolute Gasteiger partial charge is 0.335 e. The van der Waals surface area contributed by atoms with Crippen LogP contribution in [0.15, 0.2) is 24.5 Å². The van der Waals surface area contributed by atoms with Crippen LogP contribution in [0.4, 0.5) is 0 Å². The highest BCUT2D eigenvalue weighted by Crippen LogP contribution is 2.11. The van der Waals surface area contributed by atoms with Gasteiger partial charge in [-0.2, -0.15) is 0 Å². The fraction of sp³-hybridized carbons (Fsp3) is 0.455. The van der Waals surface area contributed by atoms with E-state index < -0.39 is 20.3 Å². The fourth-order valence-corrected chi connectivity index (χ4v) is 2.64. The van der Waals surface area contributed by atoms with E-state index in [2.05, 4.69) is 17.8 Å². The summed E-state index contributed by atoms with van der Waals surface area (Å²) in [5, 5.41) is 8.28. The summed E-state index contributed by atoms with van der Waals surface area (Å²) in [5.74, 6) is -1.89. The third-order valence-electron chi connectivity index (χ3n) is 1.79. The largest absolute Gasteiger partial charge is 0.478 e. The Kier molecular flexibility index (Phi) is 7.16. The van der Waals surface area contributed by atoms with Crippen LogP contribution in [0.5, 0.6) is 0 Å². The number of carboxylic acids is 1. The van der Waals surface area contributed by atoms with Crippen molar-refractivity contribution in [2.24, 2.45) is 0 Å². The molecule has 0 radical (unpaired) electrons. The van der Waals surface area contributed by atoms with E-state index in [0.29, 0.717) is 6.61 Å². The number of hydrogen-bond acceptors (Lipinski definition) is 4. The molecule has 0 atom stereocenters. The highest BCUT2D eigenvalue weighted by atomic mass is 28.4. The molecule has 0 rings (SSSR count). The van der Waals surface area contributed by atoms with E-state index in [-0.39, 0.29) is 0 Å². The molecule has 0 saturated heterocycles. The van der Waals surface area contributed by atoms with Crippen LogP contribution >= 0.6 is 0 Å². The summed E-state index contributed by atoms with van der Waals surface area (Å²) in [6.45, 7) is 6.74. The third-order valence-corrected chi connectivity index (χ3v) is 4.08. The molecule has 0 amide bonds. The minimum absolute atomic E-state index is 0.675. The van der Waals surface area contributed by atoms with Crippen molar-refractivity contribution in [3.05, 3.63) is 24.5 Å². The Morgan fingerprint density at radius 1 is 1.29 bits per heavy atom. The Labute approximate surface area is 102 Å². The van der Waals surface area contributed by atoms with Crippen molar-refractivity contribution >= 4 is 20.3 Å². The highest BCUT2D eigenvalue weighted by molar-refractivity contribution is 6.71. The van der Waals surface area contributed by atoms with E-state index in [1.54, 1.807) is 6.08 Å². The van der Waals surface area contributed by atoms with E-state index in [1.807, 2.05) is 6.92 Å². The first-order valence-electron chi connectivity index (χ1n) is 5.28. The molecule has 0 saturated carbocycles. The monoisotopic (exact) mass is 258 g/mol. The summed E-state index contributed by atoms with van der Waals surface area (Å²) in [6.07, 6.45) is 4.57. The second-order valence-electron chi connectivity index (χ2n) is 3.88. The van der Waals surface area contributed by atoms with E-state index in [0.717, 1.165) is 18.2 Å². The topological polar surface area (TPSA) is 72.8 Å². The molecule has 17 heavy (non-hydrogen) atoms. The number of rotatable bonds is 7. The van der Waals surface area contributed by atoms with Crippen LogP contribution in [0.2, 0.25) is 19.1 Å². The van der Waals surface area contributed by atoms with Crippen LogP contribution < -0.4 is 0 Å². The SMILES string of the molecule is CCO[Si](C)(C)CC=COC(=O)/C=C\C(=O)O. The fourth-order valence-electron chi connectivity index (χ4n) is 1.08. The summed E-state index contributed by atoms with van der Waals surface area (Å²) in [6, 6.07) is 0.733. The molecule has 0 aromatic carbocycles. The number of carbonyl (C=O) groups excluding carboxylic acids is 1. The normalized spacial score (nSPS) is 12.2. The zero-order chi connectivity index (χ0) is 13.3. The van der Waals surface area contributed by atoms with Gasteiger partial charge in [-0.25, -0.2) is 9.59 Å². The van der Waals surface area contributed by atoms with Crippen LogP contribution in [0.3, 0.4) is 0 Å². The first-order valence-corrected chi connectivity index (χ1v) is 8.39. The molecule has 0 aromatic rings. The van der Waals surface area contributed by atoms with Crippen molar-refractivity contribution in [1.29, 1.82) is 0 Å². The molecule has 0 aliphatic carbocycles. The number of carbonyl (C=O) groups is 2. The van der Waals surface area contributed by atoms with E-state index in [9.17, 15) is 9.59 Å². The van der Waals surface area contributed by atoms with Crippen LogP contribution in [0, 0.1) is 0 Å². The molecule has 0 unspecified atom stereocenters. The maximum Gasteiger partial charge on any atom is 0.335 e. The number of carboxylic acid groups (broad SMARTS) is 1. The zero-order valence-corrected chi connectivity index (χ0v) is 11.3. The van der Waals surface area contributed by atoms with Gasteiger partial charge in [-0.15, -0.1) is 0 Å². The average Bonchev–Trinajstić information content (AvgIpc) is 2.21. The number of ether oxygens (including phenoxy) is 1. The van der Waals surface area contributed by atoms with Crippen molar-refractivity contribution in [2.45, 2.75) is 26.1 Å². The van der Waals surface area contributed by atoms with Crippen molar-refractivity contribution in [3.8, 4) is 0 Å². The Morgan fingerprint density at radius 3 is 2.47 bits per heavy atom. The van der Waals surface area contributed by atoms with Crippen molar-refractivity contribution < 1.29 is 23.9 Å². The number of esters is 1. The minimum Gasteiger partial charge on any atom is -0.478 e. The molecule has 0 aliphatic heterocycles. The van der Waals surface area contributed by atoms with Crippen LogP contribution in [-0.4, -0.2) is 32.0 Å². The maximum atomic E-state index is 11.0. The number of aliphatic carboxylic acids is 1. The summed E-state index contributed by atoms with van der Waals surface area (Å²) < 4.78 is 10.2. The van der Waals surface area contributed by atoms with Crippen LogP contribution in [-0.2, 0) is 18.8 Å². The Bertz CT molecular complexity index is 320. The van der Waals surface area contributed by atoms with Gasteiger partial charge < -0.3 is 14.3 Å². The third kappa shape index (κ3) is 9.52. The molecular formula is C11H18O5Si. The van der Waals surface area contributed by atoms with Gasteiger partial charge in [0.2, 0.25) is 0 Å². The Hall–Kier alpha value is -1.40. The van der Waals surface area contributed by atoms with Gasteiger partial charge in [0.25, 0.3) is 0 Å². The standard InChI is InChI=1S/C11H18O5Si/c1-4-16-17(2,3)9-5-8-15-11(14)7-6-10(12)13/h5-8H,4,9H2,1-3H3,(H,12,13)/b7-6-,8-5?. The van der Waals surface area contributed by atoms with Crippen LogP contribution in [0.25, 0.3) is 0 Å². The molecule has 0 aliphatic rings. The predicted octanol–water partition coefficient (Wildman–Crippen LogP) is 1.93. The minimum atomic E-state index is -1.70. The lowest BCUT2D eigenvalue weighted by atomic mass is 10.5. The second kappa shape index (κ2) is 7.80. The molecule has 0 fully saturated rings. The Morgan fingerprint density at radius 2 is 1.94 bits per heavy atom. The predicted molar refractivity (Wildman–Crippen MR) is 65.9 cm³/mol. The van der Waals surface area contributed by atoms with Crippen molar-refractivity contribution in [2.75, 3.05) is 6.61 Å². The molecule has 1 N–H and O–H groups in total. The lowest BCUT2D eigenvalue weighted by molar-refractivity contribution is -0.134. The zero-order valence-electron chi connectivity index (χ0n) is 10.3. The summed E-state index contributed by atoms with van der Waals surface area (Å²) in [7, 11) is -1.70. The maximum absolute atomic E-state index is 11.0. The quantitative estimate of drug-likeness (QED) is 0.327. The van der Waals surface area contributed by atoms with Crippen LogP contribution in [0.1, 0.15) is 6.92 Å². The number of hydrogen-bond donors (Lipinski definition) is 1. The van der Waals surface area contributed by atoms with Gasteiger partial charge in [-0.1, -0.05) is 0 Å². The summed E-state index contributed by atoms with van der Waals surface area (Å²) in [5.41, 5.74) is 0. The van der Waals surface area contributed by atoms with Gasteiger partial charge in [-0.3, -0.25) is 0 Å². The molecule has 0 spiro atoms. The van der Waals surface area contributed by atoms with Gasteiger partial charge in [0.15, 0.2) is 8.32 Å². The molecule has 5 nitrogen and oxygen atoms in total. The molecule has 0 bridgehead atoms. The van der Waals surface area contributed by atoms with Gasteiger partial charge in [-0.05, 0) is 32.1 Å². The van der Waals surface area contributed by atoms with E-state index >= 15 is 0 Å². The molecule has 6 heteroatoms. The summed E-state index contributed by atoms with van der Waals surface area (Å²) >= 11 is 0. The van der Waals surface area contributed by atoms with Gasteiger partial charge in [0.1, 0.15) is 0 Å². The lowest BCUT2D eigenvalue weighted by Gasteiger charge is -2.19. The van der Waals surface area contributed by atoms with Gasteiger partial charge >= 0.3 is 11.9 Å². The first-order chi connectivity index (χ1) is 7.87. The van der Waals surface area contributed by atoms with Crippen molar-refractivity contribution in [1.82, 2.24) is 0 Å². The molecule has 96 valence electrons. The first kappa shape index (κ1) is 15.6. The lowest BCUT2D eigenvalue weighted by Crippen LogP contribution is -2.29. The van der Waals surface area contributed by atoms with E-state index in [4.69, 9.17) is 9.53 Å². The van der Waals surface area contributed by atoms with Crippen molar-refractivity contribution in [3.63, 3.8) is 0 Å². The Balaban J connectivity index is 3.96. The second-order valence-corrected chi connectivity index (χ2v) is 8.09. The van der Waals surface area contributed by atoms with E-state index in [1.165, 1.54) is 6.26 Å². The van der Waals surface area contributed by atoms with Gasteiger partial charge in [0, 0.05) is 18.8 Å². The summed E-state index contributed by atoms with van der Waals surface area (Å²) in [4.78, 5) is 21.1. The highest BCUT2D eigenvalue weighted by Gasteiger charge is 2.19. The number of allylic oxidation sites excluding steroid dienone is 1. The molecular weight excluding hydrogens is 240 g/mol. The molecule has 0 aromatic heterocycles. The van der Waals surface area contributed by atoms with Gasteiger partial charge in [0.05, 0.1) is 6.26 Å².